The van der Waals surface area contributed by atoms with Crippen LogP contribution in [0.25, 0.3) is 22.2 Å². The topological polar surface area (TPSA) is 108 Å². The molecule has 0 saturated heterocycles. The van der Waals surface area contributed by atoms with Gasteiger partial charge in [0, 0.05) is 28.6 Å². The Morgan fingerprint density at radius 1 is 1.20 bits per heavy atom. The van der Waals surface area contributed by atoms with Crippen LogP contribution < -0.4 is 10.7 Å². The molecule has 7 nitrogen and oxygen atoms in total. The summed E-state index contributed by atoms with van der Waals surface area (Å²) in [6.07, 6.45) is 0. The third-order valence-corrected chi connectivity index (χ3v) is 3.81. The summed E-state index contributed by atoms with van der Waals surface area (Å²) in [5, 5.41) is 25.0. The molecule has 3 rings (SSSR count). The Morgan fingerprint density at radius 2 is 1.92 bits per heavy atom. The Bertz CT molecular complexity index is 1020. The van der Waals surface area contributed by atoms with E-state index in [4.69, 9.17) is 0 Å². The van der Waals surface area contributed by atoms with Crippen LogP contribution in [-0.4, -0.2) is 21.1 Å². The van der Waals surface area contributed by atoms with E-state index in [1.807, 2.05) is 13.8 Å². The maximum Gasteiger partial charge on any atom is 0.292 e. The molecule has 0 fully saturated rings. The quantitative estimate of drug-likeness (QED) is 0.497. The SMILES string of the molecule is CC(C)Nc1ccc(-c2[nH]c3ccccc3c(=O)c2O)cc1[N+](=O)[O-]. The number of nitrogens with one attached hydrogen (secondary N) is 2. The van der Waals surface area contributed by atoms with Gasteiger partial charge in [-0.3, -0.25) is 14.9 Å². The normalized spacial score (nSPS) is 11.0. The summed E-state index contributed by atoms with van der Waals surface area (Å²) >= 11 is 0. The first-order chi connectivity index (χ1) is 11.9. The smallest absolute Gasteiger partial charge is 0.292 e. The zero-order valence-corrected chi connectivity index (χ0v) is 13.7. The summed E-state index contributed by atoms with van der Waals surface area (Å²) < 4.78 is 0. The number of pyridine rings is 1. The highest BCUT2D eigenvalue weighted by Gasteiger charge is 2.19. The highest BCUT2D eigenvalue weighted by atomic mass is 16.6. The minimum atomic E-state index is -0.517. The number of para-hydroxylation sites is 1. The lowest BCUT2D eigenvalue weighted by Gasteiger charge is -2.12. The summed E-state index contributed by atoms with van der Waals surface area (Å²) in [5.41, 5.74) is 0.805. The minimum absolute atomic E-state index is 0.0263. The second-order valence-corrected chi connectivity index (χ2v) is 6.01. The average Bonchev–Trinajstić information content (AvgIpc) is 2.58. The van der Waals surface area contributed by atoms with E-state index in [9.17, 15) is 20.0 Å². The highest BCUT2D eigenvalue weighted by Crippen LogP contribution is 2.33. The molecular formula is C18H17N3O4. The van der Waals surface area contributed by atoms with Gasteiger partial charge >= 0.3 is 0 Å². The first kappa shape index (κ1) is 16.5. The van der Waals surface area contributed by atoms with Crippen molar-refractivity contribution < 1.29 is 10.0 Å². The third-order valence-electron chi connectivity index (χ3n) is 3.81. The molecule has 25 heavy (non-hydrogen) atoms. The fraction of sp³-hybridized carbons (Fsp3) is 0.167. The molecule has 0 unspecified atom stereocenters. The molecule has 128 valence electrons. The number of aromatic nitrogens is 1. The Morgan fingerprint density at radius 3 is 2.60 bits per heavy atom. The molecule has 0 saturated carbocycles. The van der Waals surface area contributed by atoms with Gasteiger partial charge in [0.2, 0.25) is 5.43 Å². The Hall–Kier alpha value is -3.35. The summed E-state index contributed by atoms with van der Waals surface area (Å²) in [5.74, 6) is -0.461. The largest absolute Gasteiger partial charge is 0.503 e. The maximum atomic E-state index is 12.3. The molecular weight excluding hydrogens is 322 g/mol. The van der Waals surface area contributed by atoms with Crippen LogP contribution in [0, 0.1) is 10.1 Å². The number of nitrogens with zero attached hydrogens (tertiary/aromatic N) is 1. The summed E-state index contributed by atoms with van der Waals surface area (Å²) in [6, 6.07) is 11.3. The van der Waals surface area contributed by atoms with Gasteiger partial charge in [-0.15, -0.1) is 0 Å². The maximum absolute atomic E-state index is 12.3. The van der Waals surface area contributed by atoms with Gasteiger partial charge in [0.1, 0.15) is 5.69 Å². The lowest BCUT2D eigenvalue weighted by Crippen LogP contribution is -2.11. The third kappa shape index (κ3) is 3.03. The average molecular weight is 339 g/mol. The van der Waals surface area contributed by atoms with Crippen molar-refractivity contribution in [1.82, 2.24) is 4.98 Å². The minimum Gasteiger partial charge on any atom is -0.503 e. The zero-order valence-electron chi connectivity index (χ0n) is 13.7. The number of benzene rings is 2. The van der Waals surface area contributed by atoms with E-state index in [1.54, 1.807) is 36.4 Å². The van der Waals surface area contributed by atoms with Gasteiger partial charge in [0.15, 0.2) is 5.75 Å². The van der Waals surface area contributed by atoms with Gasteiger partial charge in [-0.25, -0.2) is 0 Å². The number of hydrogen-bond acceptors (Lipinski definition) is 5. The van der Waals surface area contributed by atoms with E-state index in [0.717, 1.165) is 0 Å². The zero-order chi connectivity index (χ0) is 18.1. The van der Waals surface area contributed by atoms with Crippen LogP contribution in [-0.2, 0) is 0 Å². The van der Waals surface area contributed by atoms with E-state index in [1.165, 1.54) is 6.07 Å². The summed E-state index contributed by atoms with van der Waals surface area (Å²) in [4.78, 5) is 26.2. The summed E-state index contributed by atoms with van der Waals surface area (Å²) in [6.45, 7) is 3.76. The number of hydrogen-bond donors (Lipinski definition) is 3. The molecule has 3 aromatic rings. The number of aromatic hydroxyl groups is 1. The van der Waals surface area contributed by atoms with Crippen LogP contribution >= 0.6 is 0 Å². The molecule has 3 N–H and O–H groups in total. The molecule has 0 aliphatic heterocycles. The first-order valence-electron chi connectivity index (χ1n) is 7.78. The predicted octanol–water partition coefficient (Wildman–Crippen LogP) is 3.63. The van der Waals surface area contributed by atoms with Gasteiger partial charge in [-0.1, -0.05) is 18.2 Å². The number of rotatable bonds is 4. The van der Waals surface area contributed by atoms with Gasteiger partial charge in [0.25, 0.3) is 5.69 Å². The lowest BCUT2D eigenvalue weighted by molar-refractivity contribution is -0.383. The Balaban J connectivity index is 2.21. The van der Waals surface area contributed by atoms with Crippen molar-refractivity contribution in [3.63, 3.8) is 0 Å². The van der Waals surface area contributed by atoms with Crippen LogP contribution in [0.15, 0.2) is 47.3 Å². The van der Waals surface area contributed by atoms with Gasteiger partial charge in [-0.2, -0.15) is 0 Å². The highest BCUT2D eigenvalue weighted by molar-refractivity contribution is 5.85. The molecule has 1 aromatic heterocycles. The van der Waals surface area contributed by atoms with E-state index in [0.29, 0.717) is 22.2 Å². The Labute approximate surface area is 143 Å². The number of nitro benzene ring substituents is 1. The molecule has 0 aliphatic rings. The van der Waals surface area contributed by atoms with Crippen molar-refractivity contribution in [1.29, 1.82) is 0 Å². The van der Waals surface area contributed by atoms with Crippen LogP contribution in [0.2, 0.25) is 0 Å². The van der Waals surface area contributed by atoms with Gasteiger partial charge in [0.05, 0.1) is 10.6 Å². The molecule has 0 aliphatic carbocycles. The van der Waals surface area contributed by atoms with E-state index >= 15 is 0 Å². The molecule has 7 heteroatoms. The molecule has 0 atom stereocenters. The number of fused-ring (bicyclic) bond motifs is 1. The van der Waals surface area contributed by atoms with E-state index < -0.39 is 16.1 Å². The standard InChI is InChI=1S/C18H17N3O4/c1-10(2)19-14-8-7-11(9-15(14)21(24)25)16-18(23)17(22)12-5-3-4-6-13(12)20-16/h3-10,19,23H,1-2H3,(H,20,22). The van der Waals surface area contributed by atoms with Gasteiger partial charge < -0.3 is 15.4 Å². The molecule has 1 heterocycles. The van der Waals surface area contributed by atoms with Crippen LogP contribution in [0.5, 0.6) is 5.75 Å². The molecule has 0 radical (unpaired) electrons. The second kappa shape index (κ2) is 6.27. The van der Waals surface area contributed by atoms with E-state index in [2.05, 4.69) is 10.3 Å². The predicted molar refractivity (Wildman–Crippen MR) is 97.1 cm³/mol. The van der Waals surface area contributed by atoms with Crippen molar-refractivity contribution in [2.45, 2.75) is 19.9 Å². The van der Waals surface area contributed by atoms with Crippen molar-refractivity contribution in [2.24, 2.45) is 0 Å². The fourth-order valence-electron chi connectivity index (χ4n) is 2.71. The van der Waals surface area contributed by atoms with Crippen molar-refractivity contribution in [3.05, 3.63) is 62.8 Å². The number of anilines is 1. The molecule has 0 spiro atoms. The first-order valence-corrected chi connectivity index (χ1v) is 7.78. The molecule has 0 bridgehead atoms. The van der Waals surface area contributed by atoms with Crippen molar-refractivity contribution >= 4 is 22.3 Å². The van der Waals surface area contributed by atoms with Crippen molar-refractivity contribution in [3.8, 4) is 17.0 Å². The van der Waals surface area contributed by atoms with Crippen molar-refractivity contribution in [2.75, 3.05) is 5.32 Å². The number of aromatic amines is 1. The number of nitro groups is 1. The lowest BCUT2D eigenvalue weighted by atomic mass is 10.1. The monoisotopic (exact) mass is 339 g/mol. The summed E-state index contributed by atoms with van der Waals surface area (Å²) in [7, 11) is 0. The van der Waals surface area contributed by atoms with Gasteiger partial charge in [-0.05, 0) is 32.0 Å². The Kier molecular flexibility index (Phi) is 4.14. The van der Waals surface area contributed by atoms with E-state index in [-0.39, 0.29) is 17.4 Å². The fourth-order valence-corrected chi connectivity index (χ4v) is 2.71. The molecule has 0 amide bonds. The number of H-pyrrole nitrogens is 1. The van der Waals surface area contributed by atoms with Crippen LogP contribution in [0.3, 0.4) is 0 Å². The van der Waals surface area contributed by atoms with Crippen LogP contribution in [0.4, 0.5) is 11.4 Å². The molecule has 2 aromatic carbocycles. The second-order valence-electron chi connectivity index (χ2n) is 6.01. The van der Waals surface area contributed by atoms with Crippen LogP contribution in [0.1, 0.15) is 13.8 Å².